The SMILES string of the molecule is CCCC(N=C1NC(=O)OC2COCCN12)C(=O)NC1C(=O)COC1C. The Morgan fingerprint density at radius 2 is 2.27 bits per heavy atom. The second-order valence-electron chi connectivity index (χ2n) is 6.48. The first-order chi connectivity index (χ1) is 12.5. The van der Waals surface area contributed by atoms with E-state index in [0.717, 1.165) is 6.42 Å². The van der Waals surface area contributed by atoms with Crippen molar-refractivity contribution < 1.29 is 28.6 Å². The zero-order valence-electron chi connectivity index (χ0n) is 14.9. The topological polar surface area (TPSA) is 119 Å². The molecule has 0 bridgehead atoms. The van der Waals surface area contributed by atoms with E-state index in [4.69, 9.17) is 14.2 Å². The summed E-state index contributed by atoms with van der Waals surface area (Å²) < 4.78 is 15.7. The highest BCUT2D eigenvalue weighted by atomic mass is 16.6. The van der Waals surface area contributed by atoms with Gasteiger partial charge in [0.05, 0.1) is 12.7 Å². The molecular formula is C16H24N4O6. The Morgan fingerprint density at radius 3 is 2.96 bits per heavy atom. The third-order valence-electron chi connectivity index (χ3n) is 4.56. The number of amides is 2. The first-order valence-corrected chi connectivity index (χ1v) is 8.84. The Balaban J connectivity index is 1.75. The quantitative estimate of drug-likeness (QED) is 0.664. The fourth-order valence-electron chi connectivity index (χ4n) is 3.13. The van der Waals surface area contributed by atoms with Crippen LogP contribution in [0.2, 0.25) is 0 Å². The van der Waals surface area contributed by atoms with Crippen LogP contribution in [0.15, 0.2) is 4.99 Å². The maximum atomic E-state index is 12.7. The van der Waals surface area contributed by atoms with E-state index in [-0.39, 0.29) is 31.0 Å². The van der Waals surface area contributed by atoms with Crippen LogP contribution in [0.3, 0.4) is 0 Å². The number of hydrogen-bond acceptors (Lipinski definition) is 7. The summed E-state index contributed by atoms with van der Waals surface area (Å²) in [6.45, 7) is 4.91. The Labute approximate surface area is 151 Å². The zero-order chi connectivity index (χ0) is 18.7. The molecule has 3 fully saturated rings. The van der Waals surface area contributed by atoms with Crippen LogP contribution < -0.4 is 10.6 Å². The number of hydrogen-bond donors (Lipinski definition) is 2. The van der Waals surface area contributed by atoms with Gasteiger partial charge in [0.2, 0.25) is 18.1 Å². The van der Waals surface area contributed by atoms with Gasteiger partial charge in [0.25, 0.3) is 0 Å². The number of guanidine groups is 1. The minimum Gasteiger partial charge on any atom is -0.422 e. The van der Waals surface area contributed by atoms with Crippen molar-refractivity contribution in [2.45, 2.75) is 51.1 Å². The molecule has 0 saturated carbocycles. The van der Waals surface area contributed by atoms with Crippen molar-refractivity contribution in [3.05, 3.63) is 0 Å². The van der Waals surface area contributed by atoms with E-state index in [1.165, 1.54) is 0 Å². The Bertz CT molecular complexity index is 610. The fraction of sp³-hybridized carbons (Fsp3) is 0.750. The van der Waals surface area contributed by atoms with Crippen molar-refractivity contribution in [3.8, 4) is 0 Å². The van der Waals surface area contributed by atoms with Gasteiger partial charge in [0.15, 0.2) is 5.78 Å². The predicted molar refractivity (Wildman–Crippen MR) is 89.4 cm³/mol. The molecule has 3 saturated heterocycles. The molecule has 0 aromatic rings. The number of aliphatic imine (C=N–C) groups is 1. The van der Waals surface area contributed by atoms with Gasteiger partial charge >= 0.3 is 6.09 Å². The van der Waals surface area contributed by atoms with Crippen LogP contribution >= 0.6 is 0 Å². The van der Waals surface area contributed by atoms with E-state index >= 15 is 0 Å². The lowest BCUT2D eigenvalue weighted by Gasteiger charge is -2.40. The molecule has 0 spiro atoms. The molecule has 3 rings (SSSR count). The van der Waals surface area contributed by atoms with Gasteiger partial charge < -0.3 is 24.4 Å². The summed E-state index contributed by atoms with van der Waals surface area (Å²) in [5.74, 6) is -0.216. The minimum atomic E-state index is -0.725. The molecule has 3 aliphatic rings. The molecule has 10 nitrogen and oxygen atoms in total. The smallest absolute Gasteiger partial charge is 0.415 e. The van der Waals surface area contributed by atoms with Gasteiger partial charge in [-0.2, -0.15) is 0 Å². The third kappa shape index (κ3) is 3.96. The predicted octanol–water partition coefficient (Wildman–Crippen LogP) is -0.618. The lowest BCUT2D eigenvalue weighted by atomic mass is 10.1. The summed E-state index contributed by atoms with van der Waals surface area (Å²) in [5.41, 5.74) is 0. The Morgan fingerprint density at radius 1 is 1.46 bits per heavy atom. The average molecular weight is 368 g/mol. The van der Waals surface area contributed by atoms with Crippen molar-refractivity contribution in [2.75, 3.05) is 26.4 Å². The van der Waals surface area contributed by atoms with Gasteiger partial charge in [-0.05, 0) is 13.3 Å². The van der Waals surface area contributed by atoms with Crippen LogP contribution in [-0.2, 0) is 23.8 Å². The fourth-order valence-corrected chi connectivity index (χ4v) is 3.13. The summed E-state index contributed by atoms with van der Waals surface area (Å²) in [6, 6.07) is -1.39. The molecule has 0 aliphatic carbocycles. The molecule has 4 unspecified atom stereocenters. The molecule has 2 amide bonds. The van der Waals surface area contributed by atoms with Crippen molar-refractivity contribution in [1.29, 1.82) is 0 Å². The molecule has 3 heterocycles. The lowest BCUT2D eigenvalue weighted by Crippen LogP contribution is -2.61. The van der Waals surface area contributed by atoms with Gasteiger partial charge in [0, 0.05) is 6.54 Å². The zero-order valence-corrected chi connectivity index (χ0v) is 14.9. The second-order valence-corrected chi connectivity index (χ2v) is 6.48. The summed E-state index contributed by atoms with van der Waals surface area (Å²) in [6.07, 6.45) is -0.341. The molecule has 144 valence electrons. The average Bonchev–Trinajstić information content (AvgIpc) is 2.93. The highest BCUT2D eigenvalue weighted by Gasteiger charge is 2.37. The van der Waals surface area contributed by atoms with E-state index in [1.807, 2.05) is 6.92 Å². The van der Waals surface area contributed by atoms with Gasteiger partial charge in [-0.15, -0.1) is 0 Å². The van der Waals surface area contributed by atoms with E-state index in [9.17, 15) is 14.4 Å². The third-order valence-corrected chi connectivity index (χ3v) is 4.56. The highest BCUT2D eigenvalue weighted by Crippen LogP contribution is 2.16. The molecular weight excluding hydrogens is 344 g/mol. The van der Waals surface area contributed by atoms with Crippen LogP contribution in [0.4, 0.5) is 4.79 Å². The van der Waals surface area contributed by atoms with E-state index in [0.29, 0.717) is 25.5 Å². The number of ether oxygens (including phenoxy) is 3. The van der Waals surface area contributed by atoms with E-state index in [1.54, 1.807) is 11.8 Å². The first kappa shape index (κ1) is 18.6. The second kappa shape index (κ2) is 8.00. The molecule has 10 heteroatoms. The minimum absolute atomic E-state index is 0.00191. The molecule has 0 aromatic carbocycles. The van der Waals surface area contributed by atoms with Crippen LogP contribution in [0, 0.1) is 0 Å². The maximum Gasteiger partial charge on any atom is 0.415 e. The molecule has 26 heavy (non-hydrogen) atoms. The van der Waals surface area contributed by atoms with Crippen LogP contribution in [-0.4, -0.2) is 79.4 Å². The maximum absolute atomic E-state index is 12.7. The van der Waals surface area contributed by atoms with Gasteiger partial charge in [-0.25, -0.2) is 9.79 Å². The van der Waals surface area contributed by atoms with Gasteiger partial charge in [0.1, 0.15) is 25.3 Å². The monoisotopic (exact) mass is 368 g/mol. The molecule has 0 aromatic heterocycles. The van der Waals surface area contributed by atoms with Crippen molar-refractivity contribution in [3.63, 3.8) is 0 Å². The number of Topliss-reactive ketones (excluding diaryl/α,β-unsaturated/α-hetero) is 1. The number of fused-ring (bicyclic) bond motifs is 1. The van der Waals surface area contributed by atoms with Crippen molar-refractivity contribution in [1.82, 2.24) is 15.5 Å². The highest BCUT2D eigenvalue weighted by molar-refractivity contribution is 5.98. The van der Waals surface area contributed by atoms with Crippen LogP contribution in [0.1, 0.15) is 26.7 Å². The summed E-state index contributed by atoms with van der Waals surface area (Å²) in [5, 5.41) is 5.29. The number of nitrogens with one attached hydrogen (secondary N) is 2. The number of carbonyl (C=O) groups is 3. The number of ketones is 1. The number of alkyl carbamates (subject to hydrolysis) is 1. The molecule has 2 N–H and O–H groups in total. The number of nitrogens with zero attached hydrogens (tertiary/aromatic N) is 2. The summed E-state index contributed by atoms with van der Waals surface area (Å²) in [7, 11) is 0. The number of rotatable bonds is 5. The summed E-state index contributed by atoms with van der Waals surface area (Å²) >= 11 is 0. The van der Waals surface area contributed by atoms with Gasteiger partial charge in [-0.3, -0.25) is 14.9 Å². The van der Waals surface area contributed by atoms with E-state index < -0.39 is 24.4 Å². The van der Waals surface area contributed by atoms with E-state index in [2.05, 4.69) is 15.6 Å². The number of carbonyl (C=O) groups excluding carboxylic acids is 3. The Kier molecular flexibility index (Phi) is 5.72. The van der Waals surface area contributed by atoms with Crippen LogP contribution in [0.25, 0.3) is 0 Å². The normalized spacial score (nSPS) is 31.2. The number of morpholine rings is 1. The largest absolute Gasteiger partial charge is 0.422 e. The molecule has 3 aliphatic heterocycles. The van der Waals surface area contributed by atoms with Crippen molar-refractivity contribution in [2.24, 2.45) is 4.99 Å². The van der Waals surface area contributed by atoms with Crippen molar-refractivity contribution >= 4 is 23.7 Å². The summed E-state index contributed by atoms with van der Waals surface area (Å²) in [4.78, 5) is 42.5. The lowest BCUT2D eigenvalue weighted by molar-refractivity contribution is -0.127. The molecule has 4 atom stereocenters. The first-order valence-electron chi connectivity index (χ1n) is 8.84. The standard InChI is InChI=1S/C16H24N4O6/c1-3-4-10(14(22)18-13-9(2)25-7-11(13)21)17-15-19-16(23)26-12-8-24-6-5-20(12)15/h9-10,12-13H,3-8H2,1-2H3,(H,18,22)(H,17,19,23). The molecule has 0 radical (unpaired) electrons. The van der Waals surface area contributed by atoms with Crippen LogP contribution in [0.5, 0.6) is 0 Å². The van der Waals surface area contributed by atoms with Gasteiger partial charge in [-0.1, -0.05) is 13.3 Å². The Hall–Kier alpha value is -2.20.